The van der Waals surface area contributed by atoms with Gasteiger partial charge in [-0.2, -0.15) is 4.31 Å². The lowest BCUT2D eigenvalue weighted by Crippen LogP contribution is -2.58. The molecule has 2 amide bonds. The molecule has 4 bridgehead atoms. The molecule has 220 valence electrons. The van der Waals surface area contributed by atoms with Gasteiger partial charge < -0.3 is 29.6 Å². The predicted octanol–water partition coefficient (Wildman–Crippen LogP) is 2.28. The molecular formula is C30H31N3O8S. The summed E-state index contributed by atoms with van der Waals surface area (Å²) in [5.74, 6) is 1.09. The zero-order valence-corrected chi connectivity index (χ0v) is 23.8. The highest BCUT2D eigenvalue weighted by Gasteiger charge is 2.38. The van der Waals surface area contributed by atoms with E-state index in [9.17, 15) is 18.0 Å². The minimum atomic E-state index is -3.85. The van der Waals surface area contributed by atoms with E-state index in [-0.39, 0.29) is 41.8 Å². The molecule has 4 aliphatic heterocycles. The Bertz CT molecular complexity index is 1610. The van der Waals surface area contributed by atoms with Crippen LogP contribution in [-0.4, -0.2) is 70.1 Å². The lowest BCUT2D eigenvalue weighted by atomic mass is 10.0. The third-order valence-electron chi connectivity index (χ3n) is 7.61. The molecule has 2 N–H and O–H groups in total. The molecule has 0 saturated carbocycles. The van der Waals surface area contributed by atoms with Crippen molar-refractivity contribution < 1.29 is 37.0 Å². The van der Waals surface area contributed by atoms with Gasteiger partial charge in [-0.25, -0.2) is 8.42 Å². The van der Waals surface area contributed by atoms with Crippen LogP contribution in [0.5, 0.6) is 23.0 Å². The quantitative estimate of drug-likeness (QED) is 0.473. The fourth-order valence-corrected chi connectivity index (χ4v) is 6.84. The Morgan fingerprint density at radius 2 is 1.81 bits per heavy atom. The highest BCUT2D eigenvalue weighted by atomic mass is 32.2. The Morgan fingerprint density at radius 3 is 2.62 bits per heavy atom. The van der Waals surface area contributed by atoms with Crippen LogP contribution in [0, 0.1) is 0 Å². The first kappa shape index (κ1) is 27.9. The number of amides is 2. The largest absolute Gasteiger partial charge is 0.493 e. The van der Waals surface area contributed by atoms with Crippen molar-refractivity contribution in [3.63, 3.8) is 0 Å². The van der Waals surface area contributed by atoms with Crippen LogP contribution in [0.1, 0.15) is 27.9 Å². The summed E-state index contributed by atoms with van der Waals surface area (Å²) in [5.41, 5.74) is 1.99. The van der Waals surface area contributed by atoms with Gasteiger partial charge in [0.15, 0.2) is 18.1 Å². The number of nitrogens with zero attached hydrogens (tertiary/aromatic N) is 1. The number of hydrogen-bond donors (Lipinski definition) is 2. The first-order valence-electron chi connectivity index (χ1n) is 13.7. The van der Waals surface area contributed by atoms with Crippen LogP contribution >= 0.6 is 0 Å². The van der Waals surface area contributed by atoms with Gasteiger partial charge in [-0.3, -0.25) is 9.59 Å². The van der Waals surface area contributed by atoms with Crippen LogP contribution in [-0.2, 0) is 27.8 Å². The normalized spacial score (nSPS) is 21.0. The molecular weight excluding hydrogens is 562 g/mol. The monoisotopic (exact) mass is 593 g/mol. The first-order chi connectivity index (χ1) is 20.3. The zero-order chi connectivity index (χ0) is 29.3. The second kappa shape index (κ2) is 11.5. The van der Waals surface area contributed by atoms with Crippen molar-refractivity contribution in [2.24, 2.45) is 0 Å². The first-order valence-corrected chi connectivity index (χ1v) is 15.1. The Hall–Kier alpha value is -4.29. The van der Waals surface area contributed by atoms with Crippen molar-refractivity contribution in [2.75, 3.05) is 33.4 Å². The number of nitrogens with one attached hydrogen (secondary N) is 2. The summed E-state index contributed by atoms with van der Waals surface area (Å²) in [5, 5.41) is 5.79. The molecule has 0 aromatic heterocycles. The van der Waals surface area contributed by atoms with Gasteiger partial charge in [0.1, 0.15) is 17.6 Å². The van der Waals surface area contributed by atoms with Crippen LogP contribution in [0.2, 0.25) is 0 Å². The fourth-order valence-electron chi connectivity index (χ4n) is 5.31. The van der Waals surface area contributed by atoms with E-state index in [2.05, 4.69) is 10.6 Å². The van der Waals surface area contributed by atoms with Crippen LogP contribution < -0.4 is 29.6 Å². The summed E-state index contributed by atoms with van der Waals surface area (Å²) in [6.45, 7) is 0.796. The third kappa shape index (κ3) is 5.72. The lowest BCUT2D eigenvalue weighted by Gasteiger charge is -2.38. The molecule has 0 aliphatic carbocycles. The van der Waals surface area contributed by atoms with Crippen LogP contribution in [0.3, 0.4) is 0 Å². The lowest BCUT2D eigenvalue weighted by molar-refractivity contribution is -0.123. The van der Waals surface area contributed by atoms with E-state index >= 15 is 0 Å². The van der Waals surface area contributed by atoms with Crippen molar-refractivity contribution >= 4 is 21.8 Å². The molecule has 7 rings (SSSR count). The number of methoxy groups -OCH3 is 1. The summed E-state index contributed by atoms with van der Waals surface area (Å²) < 4.78 is 51.7. The SMILES string of the molecule is COc1ccc2cc1OCC(=O)NCc1ccc(cc1)O[C@@H]1CCN(S(=O)(=O)c3ccc4c(c3)CCO4)C[C@@H]1NC2=O. The summed E-state index contributed by atoms with van der Waals surface area (Å²) >= 11 is 0. The van der Waals surface area contributed by atoms with Crippen LogP contribution in [0.15, 0.2) is 65.6 Å². The number of benzene rings is 3. The minimum absolute atomic E-state index is 0.0162. The van der Waals surface area contributed by atoms with E-state index in [1.165, 1.54) is 17.5 Å². The number of fused-ring (bicyclic) bond motifs is 8. The van der Waals surface area contributed by atoms with Gasteiger partial charge in [-0.15, -0.1) is 0 Å². The van der Waals surface area contributed by atoms with Crippen molar-refractivity contribution in [1.82, 2.24) is 14.9 Å². The second-order valence-corrected chi connectivity index (χ2v) is 12.3. The molecule has 1 saturated heterocycles. The number of carbonyl (C=O) groups is 2. The maximum Gasteiger partial charge on any atom is 0.258 e. The highest BCUT2D eigenvalue weighted by molar-refractivity contribution is 7.89. The maximum atomic E-state index is 13.7. The standard InChI is InChI=1S/C30H31N3O8S/c1-38-27-8-4-21-15-28(27)40-18-29(34)31-16-19-2-5-22(6-3-19)41-26-10-12-33(17-24(26)32-30(21)35)42(36,37)23-7-9-25-20(14-23)11-13-39-25/h2-9,14-15,24,26H,10-13,16-18H2,1H3,(H,31,34)(H,32,35)/t24-,26+/m0/s1. The molecule has 0 unspecified atom stereocenters. The molecule has 2 atom stereocenters. The van der Waals surface area contributed by atoms with E-state index in [1.54, 1.807) is 42.5 Å². The molecule has 0 radical (unpaired) electrons. The average molecular weight is 594 g/mol. The van der Waals surface area contributed by atoms with Gasteiger partial charge in [0.05, 0.1) is 24.7 Å². The molecule has 1 fully saturated rings. The number of rotatable bonds is 3. The molecule has 42 heavy (non-hydrogen) atoms. The predicted molar refractivity (Wildman–Crippen MR) is 151 cm³/mol. The molecule has 3 aromatic carbocycles. The Morgan fingerprint density at radius 1 is 0.976 bits per heavy atom. The van der Waals surface area contributed by atoms with Crippen molar-refractivity contribution in [3.8, 4) is 23.0 Å². The molecule has 3 aromatic rings. The van der Waals surface area contributed by atoms with Gasteiger partial charge in [-0.1, -0.05) is 12.1 Å². The van der Waals surface area contributed by atoms with E-state index in [0.717, 1.165) is 11.1 Å². The molecule has 11 nitrogen and oxygen atoms in total. The maximum absolute atomic E-state index is 13.7. The molecule has 12 heteroatoms. The Kier molecular flexibility index (Phi) is 7.65. The number of ether oxygens (including phenoxy) is 4. The summed E-state index contributed by atoms with van der Waals surface area (Å²) in [6, 6.07) is 16.2. The zero-order valence-electron chi connectivity index (χ0n) is 23.0. The minimum Gasteiger partial charge on any atom is -0.493 e. The number of carbonyl (C=O) groups excluding carboxylic acids is 2. The molecule has 4 heterocycles. The van der Waals surface area contributed by atoms with Crippen LogP contribution in [0.4, 0.5) is 0 Å². The van der Waals surface area contributed by atoms with Gasteiger partial charge in [-0.05, 0) is 59.7 Å². The smallest absolute Gasteiger partial charge is 0.258 e. The van der Waals surface area contributed by atoms with Gasteiger partial charge in [0.25, 0.3) is 11.8 Å². The Labute approximate surface area is 243 Å². The number of hydrogen-bond acceptors (Lipinski definition) is 8. The number of sulfonamides is 1. The van der Waals surface area contributed by atoms with E-state index < -0.39 is 28.1 Å². The van der Waals surface area contributed by atoms with E-state index in [1.807, 2.05) is 12.1 Å². The van der Waals surface area contributed by atoms with Gasteiger partial charge in [0.2, 0.25) is 10.0 Å². The molecule has 4 aliphatic rings. The highest BCUT2D eigenvalue weighted by Crippen LogP contribution is 2.31. The average Bonchev–Trinajstić information content (AvgIpc) is 3.48. The summed E-state index contributed by atoms with van der Waals surface area (Å²) in [4.78, 5) is 26.1. The van der Waals surface area contributed by atoms with E-state index in [4.69, 9.17) is 18.9 Å². The van der Waals surface area contributed by atoms with Gasteiger partial charge in [0, 0.05) is 38.0 Å². The topological polar surface area (TPSA) is 133 Å². The van der Waals surface area contributed by atoms with Crippen LogP contribution in [0.25, 0.3) is 0 Å². The summed E-state index contributed by atoms with van der Waals surface area (Å²) in [6.07, 6.45) is 0.515. The fraction of sp³-hybridized carbons (Fsp3) is 0.333. The van der Waals surface area contributed by atoms with Gasteiger partial charge >= 0.3 is 0 Å². The third-order valence-corrected chi connectivity index (χ3v) is 9.47. The number of piperidine rings is 1. The van der Waals surface area contributed by atoms with E-state index in [0.29, 0.717) is 43.2 Å². The molecule has 0 spiro atoms. The summed E-state index contributed by atoms with van der Waals surface area (Å²) in [7, 11) is -2.38. The van der Waals surface area contributed by atoms with Crippen molar-refractivity contribution in [3.05, 3.63) is 77.4 Å². The van der Waals surface area contributed by atoms with Crippen molar-refractivity contribution in [1.29, 1.82) is 0 Å². The Balaban J connectivity index is 1.31. The van der Waals surface area contributed by atoms with Crippen molar-refractivity contribution in [2.45, 2.75) is 36.4 Å². The second-order valence-electron chi connectivity index (χ2n) is 10.3.